The molecule has 0 bridgehead atoms. The van der Waals surface area contributed by atoms with Crippen LogP contribution in [0.15, 0.2) is 61.1 Å². The Morgan fingerprint density at radius 1 is 1.07 bits per heavy atom. The number of halogens is 1. The van der Waals surface area contributed by atoms with E-state index in [1.165, 1.54) is 23.5 Å². The highest BCUT2D eigenvalue weighted by atomic mass is 32.1. The molecule has 6 heteroatoms. The van der Waals surface area contributed by atoms with Crippen molar-refractivity contribution in [2.24, 2.45) is 0 Å². The standard InChI is InChI=1S/C24H18FN3OS/c25-19-10-17(15-4-2-8-26-12-15)9-18(11-19)23-13-27-24(30-23)22-7-6-20-16(14-29)3-1-5-21(20)28-22/h2,4,6-14,16H,1,3,5H2. The molecule has 4 aromatic rings. The molecule has 3 heterocycles. The third kappa shape index (κ3) is 3.55. The zero-order valence-corrected chi connectivity index (χ0v) is 16.9. The molecule has 1 aromatic carbocycles. The van der Waals surface area contributed by atoms with Gasteiger partial charge in [0.15, 0.2) is 0 Å². The van der Waals surface area contributed by atoms with Crippen molar-refractivity contribution in [1.82, 2.24) is 15.0 Å². The Morgan fingerprint density at radius 3 is 2.80 bits per heavy atom. The first kappa shape index (κ1) is 18.8. The molecule has 148 valence electrons. The van der Waals surface area contributed by atoms with Gasteiger partial charge >= 0.3 is 0 Å². The lowest BCUT2D eigenvalue weighted by atomic mass is 9.86. The van der Waals surface area contributed by atoms with Gasteiger partial charge in [-0.3, -0.25) is 4.98 Å². The maximum atomic E-state index is 14.3. The van der Waals surface area contributed by atoms with Gasteiger partial charge in [0.25, 0.3) is 0 Å². The number of hydrogen-bond acceptors (Lipinski definition) is 5. The smallest absolute Gasteiger partial charge is 0.142 e. The van der Waals surface area contributed by atoms with Crippen molar-refractivity contribution in [3.8, 4) is 32.3 Å². The second-order valence-electron chi connectivity index (χ2n) is 7.37. The summed E-state index contributed by atoms with van der Waals surface area (Å²) in [5.74, 6) is -0.353. The van der Waals surface area contributed by atoms with Crippen LogP contribution >= 0.6 is 11.3 Å². The van der Waals surface area contributed by atoms with E-state index in [1.807, 2.05) is 30.3 Å². The molecule has 1 atom stereocenters. The van der Waals surface area contributed by atoms with E-state index in [2.05, 4.69) is 9.97 Å². The Kier molecular flexibility index (Phi) is 4.93. The Hall–Kier alpha value is -3.25. The van der Waals surface area contributed by atoms with E-state index in [0.29, 0.717) is 0 Å². The highest BCUT2D eigenvalue weighted by molar-refractivity contribution is 7.18. The van der Waals surface area contributed by atoms with Crippen molar-refractivity contribution in [1.29, 1.82) is 0 Å². The molecule has 5 rings (SSSR count). The number of carbonyl (C=O) groups excluding carboxylic acids is 1. The average molecular weight is 415 g/mol. The Bertz CT molecular complexity index is 1220. The number of aromatic nitrogens is 3. The average Bonchev–Trinajstić information content (AvgIpc) is 3.29. The number of hydrogen-bond donors (Lipinski definition) is 0. The van der Waals surface area contributed by atoms with Gasteiger partial charge in [-0.05, 0) is 66.3 Å². The fraction of sp³-hybridized carbons (Fsp3) is 0.167. The number of fused-ring (bicyclic) bond motifs is 1. The van der Waals surface area contributed by atoms with E-state index in [9.17, 15) is 9.18 Å². The summed E-state index contributed by atoms with van der Waals surface area (Å²) < 4.78 is 14.3. The maximum Gasteiger partial charge on any atom is 0.142 e. The predicted molar refractivity (Wildman–Crippen MR) is 116 cm³/mol. The van der Waals surface area contributed by atoms with Crippen LogP contribution in [0.2, 0.25) is 0 Å². The summed E-state index contributed by atoms with van der Waals surface area (Å²) in [7, 11) is 0. The molecule has 0 fully saturated rings. The van der Waals surface area contributed by atoms with Crippen molar-refractivity contribution in [3.63, 3.8) is 0 Å². The van der Waals surface area contributed by atoms with Gasteiger partial charge in [0, 0.05) is 35.8 Å². The van der Waals surface area contributed by atoms with Crippen LogP contribution in [0.1, 0.15) is 30.0 Å². The number of aryl methyl sites for hydroxylation is 1. The van der Waals surface area contributed by atoms with Crippen molar-refractivity contribution in [2.45, 2.75) is 25.2 Å². The molecule has 0 amide bonds. The monoisotopic (exact) mass is 415 g/mol. The summed E-state index contributed by atoms with van der Waals surface area (Å²) >= 11 is 1.48. The number of pyridine rings is 2. The van der Waals surface area contributed by atoms with Crippen molar-refractivity contribution >= 4 is 17.6 Å². The van der Waals surface area contributed by atoms with Crippen LogP contribution in [-0.2, 0) is 11.2 Å². The second-order valence-corrected chi connectivity index (χ2v) is 8.40. The fourth-order valence-corrected chi connectivity index (χ4v) is 4.79. The highest BCUT2D eigenvalue weighted by Crippen LogP contribution is 2.36. The molecule has 0 saturated heterocycles. The molecule has 0 saturated carbocycles. The van der Waals surface area contributed by atoms with Crippen LogP contribution < -0.4 is 0 Å². The molecule has 0 aliphatic heterocycles. The van der Waals surface area contributed by atoms with E-state index in [-0.39, 0.29) is 11.7 Å². The van der Waals surface area contributed by atoms with Crippen molar-refractivity contribution < 1.29 is 9.18 Å². The van der Waals surface area contributed by atoms with Gasteiger partial charge in [-0.25, -0.2) is 14.4 Å². The van der Waals surface area contributed by atoms with Crippen LogP contribution in [-0.4, -0.2) is 21.2 Å². The second kappa shape index (κ2) is 7.88. The number of thiazole rings is 1. The fourth-order valence-electron chi connectivity index (χ4n) is 3.91. The first-order chi connectivity index (χ1) is 14.7. The minimum Gasteiger partial charge on any atom is -0.303 e. The third-order valence-corrected chi connectivity index (χ3v) is 6.47. The van der Waals surface area contributed by atoms with Gasteiger partial charge in [-0.1, -0.05) is 12.1 Å². The SMILES string of the molecule is O=CC1CCCc2nc(-c3ncc(-c4cc(F)cc(-c5cccnc5)c4)s3)ccc21. The zero-order chi connectivity index (χ0) is 20.5. The zero-order valence-electron chi connectivity index (χ0n) is 16.1. The Balaban J connectivity index is 1.49. The number of benzene rings is 1. The lowest BCUT2D eigenvalue weighted by Crippen LogP contribution is -2.12. The largest absolute Gasteiger partial charge is 0.303 e. The van der Waals surface area contributed by atoms with Crippen LogP contribution in [0.5, 0.6) is 0 Å². The van der Waals surface area contributed by atoms with E-state index >= 15 is 0 Å². The van der Waals surface area contributed by atoms with Gasteiger partial charge in [0.05, 0.1) is 10.6 Å². The summed E-state index contributed by atoms with van der Waals surface area (Å²) in [6, 6.07) is 12.7. The minimum absolute atomic E-state index is 0.0552. The topological polar surface area (TPSA) is 55.7 Å². The number of rotatable bonds is 4. The normalized spacial score (nSPS) is 15.6. The van der Waals surface area contributed by atoms with Crippen LogP contribution in [0, 0.1) is 5.82 Å². The molecule has 4 nitrogen and oxygen atoms in total. The van der Waals surface area contributed by atoms with Crippen LogP contribution in [0.3, 0.4) is 0 Å². The maximum absolute atomic E-state index is 14.3. The van der Waals surface area contributed by atoms with E-state index in [4.69, 9.17) is 4.98 Å². The molecule has 3 aromatic heterocycles. The summed E-state index contributed by atoms with van der Waals surface area (Å²) in [5, 5.41) is 0.785. The molecule has 1 aliphatic rings. The summed E-state index contributed by atoms with van der Waals surface area (Å²) in [6.45, 7) is 0. The molecular weight excluding hydrogens is 397 g/mol. The van der Waals surface area contributed by atoms with Gasteiger partial charge in [0.1, 0.15) is 17.1 Å². The number of nitrogens with zero attached hydrogens (tertiary/aromatic N) is 3. The molecule has 0 radical (unpaired) electrons. The Morgan fingerprint density at radius 2 is 1.97 bits per heavy atom. The first-order valence-corrected chi connectivity index (χ1v) is 10.7. The molecule has 1 unspecified atom stereocenters. The Labute approximate surface area is 177 Å². The van der Waals surface area contributed by atoms with Gasteiger partial charge in [-0.15, -0.1) is 11.3 Å². The lowest BCUT2D eigenvalue weighted by Gasteiger charge is -2.20. The third-order valence-electron chi connectivity index (χ3n) is 5.40. The van der Waals surface area contributed by atoms with Crippen LogP contribution in [0.4, 0.5) is 4.39 Å². The quantitative estimate of drug-likeness (QED) is 0.402. The molecular formula is C24H18FN3OS. The first-order valence-electron chi connectivity index (χ1n) is 9.84. The van der Waals surface area contributed by atoms with Crippen molar-refractivity contribution in [3.05, 3.63) is 78.1 Å². The van der Waals surface area contributed by atoms with Crippen molar-refractivity contribution in [2.75, 3.05) is 0 Å². The number of carbonyl (C=O) groups is 1. The van der Waals surface area contributed by atoms with Gasteiger partial charge in [0.2, 0.25) is 0 Å². The molecule has 0 N–H and O–H groups in total. The van der Waals surface area contributed by atoms with Gasteiger partial charge in [-0.2, -0.15) is 0 Å². The summed E-state index contributed by atoms with van der Waals surface area (Å²) in [6.07, 6.45) is 8.93. The van der Waals surface area contributed by atoms with Crippen LogP contribution in [0.25, 0.3) is 32.3 Å². The lowest BCUT2D eigenvalue weighted by molar-refractivity contribution is -0.109. The molecule has 1 aliphatic carbocycles. The van der Waals surface area contributed by atoms with Gasteiger partial charge < -0.3 is 4.79 Å². The van der Waals surface area contributed by atoms with E-state index in [0.717, 1.165) is 69.1 Å². The summed E-state index contributed by atoms with van der Waals surface area (Å²) in [4.78, 5) is 25.6. The van der Waals surface area contributed by atoms with E-state index < -0.39 is 0 Å². The molecule has 0 spiro atoms. The van der Waals surface area contributed by atoms with E-state index in [1.54, 1.807) is 18.6 Å². The summed E-state index contributed by atoms with van der Waals surface area (Å²) in [5.41, 5.74) is 5.22. The highest BCUT2D eigenvalue weighted by Gasteiger charge is 2.21. The number of aldehydes is 1. The molecule has 30 heavy (non-hydrogen) atoms. The minimum atomic E-state index is -0.298. The predicted octanol–water partition coefficient (Wildman–Crippen LogP) is 5.69.